The minimum atomic E-state index is -2.50. The molecule has 2 aromatic rings. The van der Waals surface area contributed by atoms with Crippen LogP contribution in [0.2, 0.25) is 0 Å². The molecule has 0 amide bonds. The number of hydrogen-bond donors (Lipinski definition) is 1. The number of halogens is 3. The average Bonchev–Trinajstić information content (AvgIpc) is 2.47. The number of ether oxygens (including phenoxy) is 1. The van der Waals surface area contributed by atoms with E-state index in [1.165, 1.54) is 0 Å². The third kappa shape index (κ3) is 4.44. The Hall–Kier alpha value is -1.60. The lowest BCUT2D eigenvalue weighted by Gasteiger charge is -2.07. The molecule has 1 aromatic carbocycles. The van der Waals surface area contributed by atoms with Crippen LogP contribution in [0.5, 0.6) is 0 Å². The molecular weight excluding hydrogens is 346 g/mol. The summed E-state index contributed by atoms with van der Waals surface area (Å²) in [5, 5.41) is 0. The van der Waals surface area contributed by atoms with Gasteiger partial charge in [-0.05, 0) is 15.9 Å². The van der Waals surface area contributed by atoms with Gasteiger partial charge in [-0.2, -0.15) is 0 Å². The Morgan fingerprint density at radius 3 is 2.67 bits per heavy atom. The predicted molar refractivity (Wildman–Crippen MR) is 78.5 cm³/mol. The monoisotopic (exact) mass is 358 g/mol. The van der Waals surface area contributed by atoms with Gasteiger partial charge < -0.3 is 9.72 Å². The third-order valence-electron chi connectivity index (χ3n) is 2.69. The van der Waals surface area contributed by atoms with Crippen molar-refractivity contribution in [3.8, 4) is 11.3 Å². The highest BCUT2D eigenvalue weighted by Crippen LogP contribution is 2.22. The number of H-pyrrole nitrogens is 1. The van der Waals surface area contributed by atoms with Gasteiger partial charge in [0.05, 0.1) is 12.3 Å². The molecule has 0 spiro atoms. The van der Waals surface area contributed by atoms with E-state index in [2.05, 4.69) is 25.9 Å². The van der Waals surface area contributed by atoms with E-state index in [9.17, 15) is 13.6 Å². The van der Waals surface area contributed by atoms with Gasteiger partial charge in [-0.25, -0.2) is 13.8 Å². The summed E-state index contributed by atoms with van der Waals surface area (Å²) in [6, 6.07) is 9.23. The number of nitrogens with zero attached hydrogens (tertiary/aromatic N) is 1. The number of aromatic amines is 1. The molecule has 0 unspecified atom stereocenters. The molecule has 0 saturated carbocycles. The lowest BCUT2D eigenvalue weighted by atomic mass is 10.1. The number of benzene rings is 1. The standard InChI is InChI=1S/C14H13BrF2N2O2/c15-12-13(9-4-2-1-3-5-9)18-11(19-14(12)20)6-7-21-8-10(16)17/h1-5,10H,6-8H2,(H,18,19,20). The molecule has 0 radical (unpaired) electrons. The molecule has 0 atom stereocenters. The van der Waals surface area contributed by atoms with E-state index < -0.39 is 13.0 Å². The van der Waals surface area contributed by atoms with Crippen LogP contribution in [0, 0.1) is 0 Å². The SMILES string of the molecule is O=c1[nH]c(CCOCC(F)F)nc(-c2ccccc2)c1Br. The topological polar surface area (TPSA) is 55.0 Å². The predicted octanol–water partition coefficient (Wildman–Crippen LogP) is 3.02. The first-order valence-electron chi connectivity index (χ1n) is 6.28. The van der Waals surface area contributed by atoms with Crippen molar-refractivity contribution in [2.24, 2.45) is 0 Å². The fraction of sp³-hybridized carbons (Fsp3) is 0.286. The molecule has 1 heterocycles. The van der Waals surface area contributed by atoms with Gasteiger partial charge in [-0.15, -0.1) is 0 Å². The lowest BCUT2D eigenvalue weighted by molar-refractivity contribution is 0.0183. The molecule has 0 fully saturated rings. The van der Waals surface area contributed by atoms with Crippen LogP contribution >= 0.6 is 15.9 Å². The maximum Gasteiger partial charge on any atom is 0.265 e. The molecule has 1 aromatic heterocycles. The first-order chi connectivity index (χ1) is 10.1. The maximum atomic E-state index is 12.0. The molecule has 0 aliphatic heterocycles. The lowest BCUT2D eigenvalue weighted by Crippen LogP contribution is -2.16. The molecule has 0 bridgehead atoms. The Labute approximate surface area is 128 Å². The minimum Gasteiger partial charge on any atom is -0.375 e. The van der Waals surface area contributed by atoms with Gasteiger partial charge >= 0.3 is 0 Å². The number of alkyl halides is 2. The number of rotatable bonds is 6. The molecule has 112 valence electrons. The van der Waals surface area contributed by atoms with Crippen LogP contribution in [-0.2, 0) is 11.2 Å². The largest absolute Gasteiger partial charge is 0.375 e. The first-order valence-corrected chi connectivity index (χ1v) is 7.07. The number of aromatic nitrogens is 2. The second kappa shape index (κ2) is 7.42. The fourth-order valence-electron chi connectivity index (χ4n) is 1.75. The van der Waals surface area contributed by atoms with Crippen LogP contribution in [0.1, 0.15) is 5.82 Å². The van der Waals surface area contributed by atoms with E-state index in [1.807, 2.05) is 30.3 Å². The van der Waals surface area contributed by atoms with Crippen molar-refractivity contribution in [2.45, 2.75) is 12.8 Å². The van der Waals surface area contributed by atoms with Crippen molar-refractivity contribution < 1.29 is 13.5 Å². The molecule has 2 rings (SSSR count). The van der Waals surface area contributed by atoms with Gasteiger partial charge in [0.2, 0.25) is 0 Å². The summed E-state index contributed by atoms with van der Waals surface area (Å²) in [5.74, 6) is 0.399. The highest BCUT2D eigenvalue weighted by atomic mass is 79.9. The van der Waals surface area contributed by atoms with Gasteiger partial charge in [0.15, 0.2) is 0 Å². The van der Waals surface area contributed by atoms with Gasteiger partial charge in [-0.3, -0.25) is 4.79 Å². The highest BCUT2D eigenvalue weighted by molar-refractivity contribution is 9.10. The Bertz CT molecular complexity index is 647. The van der Waals surface area contributed by atoms with Crippen LogP contribution in [0.4, 0.5) is 8.78 Å². The molecular formula is C14H13BrF2N2O2. The maximum absolute atomic E-state index is 12.0. The number of nitrogens with one attached hydrogen (secondary N) is 1. The van der Waals surface area contributed by atoms with Crippen molar-refractivity contribution in [1.82, 2.24) is 9.97 Å². The zero-order valence-electron chi connectivity index (χ0n) is 11.0. The average molecular weight is 359 g/mol. The Morgan fingerprint density at radius 1 is 1.29 bits per heavy atom. The van der Waals surface area contributed by atoms with E-state index >= 15 is 0 Å². The summed E-state index contributed by atoms with van der Waals surface area (Å²) in [4.78, 5) is 18.8. The normalized spacial score (nSPS) is 11.0. The second-order valence-electron chi connectivity index (χ2n) is 4.26. The van der Waals surface area contributed by atoms with Gasteiger partial charge in [0, 0.05) is 12.0 Å². The van der Waals surface area contributed by atoms with Gasteiger partial charge in [0.1, 0.15) is 16.9 Å². The van der Waals surface area contributed by atoms with Crippen molar-refractivity contribution in [3.63, 3.8) is 0 Å². The van der Waals surface area contributed by atoms with Crippen molar-refractivity contribution >= 4 is 15.9 Å². The Balaban J connectivity index is 2.17. The molecule has 0 saturated heterocycles. The van der Waals surface area contributed by atoms with E-state index in [0.717, 1.165) is 5.56 Å². The fourth-order valence-corrected chi connectivity index (χ4v) is 2.17. The zero-order chi connectivity index (χ0) is 15.2. The van der Waals surface area contributed by atoms with E-state index in [-0.39, 0.29) is 18.6 Å². The molecule has 0 aliphatic rings. The summed E-state index contributed by atoms with van der Waals surface area (Å²) in [7, 11) is 0. The molecule has 7 heteroatoms. The number of hydrogen-bond acceptors (Lipinski definition) is 3. The van der Waals surface area contributed by atoms with E-state index in [4.69, 9.17) is 4.74 Å². The van der Waals surface area contributed by atoms with Crippen LogP contribution in [-0.4, -0.2) is 29.6 Å². The third-order valence-corrected chi connectivity index (χ3v) is 3.42. The van der Waals surface area contributed by atoms with Crippen molar-refractivity contribution in [1.29, 1.82) is 0 Å². The summed E-state index contributed by atoms with van der Waals surface area (Å²) >= 11 is 3.22. The molecule has 1 N–H and O–H groups in total. The van der Waals surface area contributed by atoms with Crippen molar-refractivity contribution in [3.05, 3.63) is 51.0 Å². The summed E-state index contributed by atoms with van der Waals surface area (Å²) < 4.78 is 29.0. The molecule has 0 aliphatic carbocycles. The van der Waals surface area contributed by atoms with Crippen molar-refractivity contribution in [2.75, 3.05) is 13.2 Å². The van der Waals surface area contributed by atoms with Gasteiger partial charge in [-0.1, -0.05) is 30.3 Å². The van der Waals surface area contributed by atoms with E-state index in [0.29, 0.717) is 16.0 Å². The summed E-state index contributed by atoms with van der Waals surface area (Å²) in [6.45, 7) is -0.546. The first kappa shape index (κ1) is 15.8. The summed E-state index contributed by atoms with van der Waals surface area (Å²) in [5.41, 5.74) is 1.00. The second-order valence-corrected chi connectivity index (χ2v) is 5.05. The highest BCUT2D eigenvalue weighted by Gasteiger charge is 2.11. The minimum absolute atomic E-state index is 0.0726. The Kier molecular flexibility index (Phi) is 5.58. The van der Waals surface area contributed by atoms with Crippen LogP contribution in [0.15, 0.2) is 39.6 Å². The molecule has 4 nitrogen and oxygen atoms in total. The quantitative estimate of drug-likeness (QED) is 0.807. The van der Waals surface area contributed by atoms with E-state index in [1.54, 1.807) is 0 Å². The summed E-state index contributed by atoms with van der Waals surface area (Å²) in [6.07, 6.45) is -2.24. The smallest absolute Gasteiger partial charge is 0.265 e. The van der Waals surface area contributed by atoms with Crippen LogP contribution < -0.4 is 5.56 Å². The Morgan fingerprint density at radius 2 is 2.00 bits per heavy atom. The van der Waals surface area contributed by atoms with Gasteiger partial charge in [0.25, 0.3) is 12.0 Å². The molecule has 21 heavy (non-hydrogen) atoms. The van der Waals surface area contributed by atoms with Crippen LogP contribution in [0.25, 0.3) is 11.3 Å². The zero-order valence-corrected chi connectivity index (χ0v) is 12.6. The van der Waals surface area contributed by atoms with Crippen LogP contribution in [0.3, 0.4) is 0 Å².